The number of benzene rings is 2. The molecule has 0 saturated heterocycles. The maximum Gasteiger partial charge on any atom is 0.177 e. The number of ketones is 1. The van der Waals surface area contributed by atoms with E-state index in [4.69, 9.17) is 18.9 Å². The molecule has 0 radical (unpaired) electrons. The van der Waals surface area contributed by atoms with Crippen LogP contribution in [0.4, 0.5) is 0 Å². The Morgan fingerprint density at radius 3 is 2.62 bits per heavy atom. The van der Waals surface area contributed by atoms with E-state index in [0.29, 0.717) is 36.9 Å². The van der Waals surface area contributed by atoms with Gasteiger partial charge < -0.3 is 18.9 Å². The van der Waals surface area contributed by atoms with Crippen molar-refractivity contribution in [3.63, 3.8) is 0 Å². The lowest BCUT2D eigenvalue weighted by molar-refractivity contribution is 0.0895. The Morgan fingerprint density at radius 2 is 1.85 bits per heavy atom. The molecule has 0 aromatic heterocycles. The fourth-order valence-corrected chi connectivity index (χ4v) is 3.53. The molecule has 0 N–H and O–H groups in total. The minimum Gasteiger partial charge on any atom is -0.496 e. The first-order valence-corrected chi connectivity index (χ1v) is 8.98. The van der Waals surface area contributed by atoms with Gasteiger partial charge in [0.25, 0.3) is 0 Å². The molecule has 0 bridgehead atoms. The average molecular weight is 354 g/mol. The molecular weight excluding hydrogens is 332 g/mol. The summed E-state index contributed by atoms with van der Waals surface area (Å²) in [5.74, 6) is 2.51. The SMILES string of the molecule is CCCc1cc2c(cc1OC)OC[C@H](c1ccc3c(c1)OCCO3)C2=O. The van der Waals surface area contributed by atoms with Crippen molar-refractivity contribution < 1.29 is 23.7 Å². The quantitative estimate of drug-likeness (QED) is 0.836. The molecule has 5 nitrogen and oxygen atoms in total. The summed E-state index contributed by atoms with van der Waals surface area (Å²) in [6, 6.07) is 9.42. The number of ether oxygens (including phenoxy) is 4. The van der Waals surface area contributed by atoms with E-state index in [1.54, 1.807) is 7.11 Å². The first-order valence-electron chi connectivity index (χ1n) is 8.98. The van der Waals surface area contributed by atoms with Crippen LogP contribution in [-0.4, -0.2) is 32.7 Å². The molecule has 0 saturated carbocycles. The average Bonchev–Trinajstić information content (AvgIpc) is 2.68. The van der Waals surface area contributed by atoms with Gasteiger partial charge in [0, 0.05) is 6.07 Å². The van der Waals surface area contributed by atoms with E-state index in [-0.39, 0.29) is 11.7 Å². The van der Waals surface area contributed by atoms with Crippen LogP contribution in [-0.2, 0) is 6.42 Å². The first-order chi connectivity index (χ1) is 12.7. The van der Waals surface area contributed by atoms with Crippen molar-refractivity contribution in [3.8, 4) is 23.0 Å². The highest BCUT2D eigenvalue weighted by Gasteiger charge is 2.32. The van der Waals surface area contributed by atoms with Crippen molar-refractivity contribution >= 4 is 5.78 Å². The molecule has 2 aliphatic rings. The Morgan fingerprint density at radius 1 is 1.04 bits per heavy atom. The van der Waals surface area contributed by atoms with Gasteiger partial charge in [-0.3, -0.25) is 4.79 Å². The van der Waals surface area contributed by atoms with Gasteiger partial charge in [-0.25, -0.2) is 0 Å². The summed E-state index contributed by atoms with van der Waals surface area (Å²) in [5, 5.41) is 0. The van der Waals surface area contributed by atoms with Crippen molar-refractivity contribution in [2.45, 2.75) is 25.7 Å². The van der Waals surface area contributed by atoms with Gasteiger partial charge in [-0.15, -0.1) is 0 Å². The molecule has 0 spiro atoms. The lowest BCUT2D eigenvalue weighted by Gasteiger charge is -2.27. The van der Waals surface area contributed by atoms with Crippen molar-refractivity contribution in [1.82, 2.24) is 0 Å². The highest BCUT2D eigenvalue weighted by atomic mass is 16.6. The van der Waals surface area contributed by atoms with E-state index in [2.05, 4.69) is 6.92 Å². The zero-order valence-corrected chi connectivity index (χ0v) is 15.0. The van der Waals surface area contributed by atoms with Gasteiger partial charge >= 0.3 is 0 Å². The molecular formula is C21H22O5. The number of carbonyl (C=O) groups excluding carboxylic acids is 1. The van der Waals surface area contributed by atoms with Crippen molar-refractivity contribution in [3.05, 3.63) is 47.0 Å². The zero-order valence-electron chi connectivity index (χ0n) is 15.0. The van der Waals surface area contributed by atoms with Crippen LogP contribution >= 0.6 is 0 Å². The van der Waals surface area contributed by atoms with Gasteiger partial charge in [-0.2, -0.15) is 0 Å². The molecule has 0 fully saturated rings. The number of carbonyl (C=O) groups is 1. The van der Waals surface area contributed by atoms with Gasteiger partial charge in [-0.1, -0.05) is 19.4 Å². The third-order valence-corrected chi connectivity index (χ3v) is 4.86. The van der Waals surface area contributed by atoms with Crippen LogP contribution in [0.2, 0.25) is 0 Å². The van der Waals surface area contributed by atoms with Crippen LogP contribution < -0.4 is 18.9 Å². The molecule has 0 aliphatic carbocycles. The summed E-state index contributed by atoms with van der Waals surface area (Å²) < 4.78 is 22.6. The molecule has 136 valence electrons. The highest BCUT2D eigenvalue weighted by Crippen LogP contribution is 2.39. The maximum atomic E-state index is 13.1. The minimum atomic E-state index is -0.346. The fraction of sp³-hybridized carbons (Fsp3) is 0.381. The van der Waals surface area contributed by atoms with Gasteiger partial charge in [0.2, 0.25) is 0 Å². The summed E-state index contributed by atoms with van der Waals surface area (Å²) in [6.07, 6.45) is 1.84. The van der Waals surface area contributed by atoms with E-state index >= 15 is 0 Å². The topological polar surface area (TPSA) is 54.0 Å². The third-order valence-electron chi connectivity index (χ3n) is 4.86. The Balaban J connectivity index is 1.68. The first kappa shape index (κ1) is 16.8. The van der Waals surface area contributed by atoms with Gasteiger partial charge in [0.1, 0.15) is 31.3 Å². The number of methoxy groups -OCH3 is 1. The summed E-state index contributed by atoms with van der Waals surface area (Å²) in [7, 11) is 1.64. The number of hydrogen-bond donors (Lipinski definition) is 0. The summed E-state index contributed by atoms with van der Waals surface area (Å²) in [5.41, 5.74) is 2.55. The Labute approximate surface area is 152 Å². The van der Waals surface area contributed by atoms with Crippen LogP contribution in [0.5, 0.6) is 23.0 Å². The molecule has 4 rings (SSSR count). The standard InChI is InChI=1S/C21H22O5/c1-3-4-14-9-15-19(11-18(14)23-2)26-12-16(21(15)22)13-5-6-17-20(10-13)25-8-7-24-17/h5-6,9-11,16H,3-4,7-8,12H2,1-2H3/t16-/m1/s1. The normalized spacial score (nSPS) is 18.1. The molecule has 2 heterocycles. The minimum absolute atomic E-state index is 0.0722. The van der Waals surface area contributed by atoms with E-state index < -0.39 is 0 Å². The fourth-order valence-electron chi connectivity index (χ4n) is 3.53. The lowest BCUT2D eigenvalue weighted by atomic mass is 9.87. The predicted octanol–water partition coefficient (Wildman–Crippen LogP) is 3.78. The Hall–Kier alpha value is -2.69. The number of fused-ring (bicyclic) bond motifs is 2. The third kappa shape index (κ3) is 2.87. The molecule has 1 atom stereocenters. The predicted molar refractivity (Wildman–Crippen MR) is 97.0 cm³/mol. The van der Waals surface area contributed by atoms with Gasteiger partial charge in [0.05, 0.1) is 18.6 Å². The van der Waals surface area contributed by atoms with Crippen LogP contribution in [0.3, 0.4) is 0 Å². The maximum absolute atomic E-state index is 13.1. The van der Waals surface area contributed by atoms with Crippen molar-refractivity contribution in [1.29, 1.82) is 0 Å². The van der Waals surface area contributed by atoms with Crippen LogP contribution in [0.15, 0.2) is 30.3 Å². The second-order valence-corrected chi connectivity index (χ2v) is 6.54. The molecule has 5 heteroatoms. The zero-order chi connectivity index (χ0) is 18.1. The highest BCUT2D eigenvalue weighted by molar-refractivity contribution is 6.04. The summed E-state index contributed by atoms with van der Waals surface area (Å²) in [6.45, 7) is 3.48. The molecule has 2 aliphatic heterocycles. The molecule has 26 heavy (non-hydrogen) atoms. The molecule has 2 aromatic rings. The molecule has 2 aromatic carbocycles. The van der Waals surface area contributed by atoms with Crippen LogP contribution in [0, 0.1) is 0 Å². The second kappa shape index (κ2) is 6.90. The van der Waals surface area contributed by atoms with E-state index in [9.17, 15) is 4.79 Å². The van der Waals surface area contributed by atoms with E-state index in [1.165, 1.54) is 0 Å². The van der Waals surface area contributed by atoms with Crippen LogP contribution in [0.25, 0.3) is 0 Å². The van der Waals surface area contributed by atoms with Crippen molar-refractivity contribution in [2.75, 3.05) is 26.9 Å². The number of hydrogen-bond acceptors (Lipinski definition) is 5. The Kier molecular flexibility index (Phi) is 4.45. The van der Waals surface area contributed by atoms with E-state index in [0.717, 1.165) is 35.5 Å². The number of rotatable bonds is 4. The lowest BCUT2D eigenvalue weighted by Crippen LogP contribution is -2.26. The van der Waals surface area contributed by atoms with Gasteiger partial charge in [0.15, 0.2) is 17.3 Å². The Bertz CT molecular complexity index is 843. The summed E-state index contributed by atoms with van der Waals surface area (Å²) in [4.78, 5) is 13.1. The van der Waals surface area contributed by atoms with Crippen LogP contribution in [0.1, 0.15) is 40.7 Å². The molecule has 0 unspecified atom stereocenters. The largest absolute Gasteiger partial charge is 0.496 e. The number of aryl methyl sites for hydroxylation is 1. The second-order valence-electron chi connectivity index (χ2n) is 6.54. The van der Waals surface area contributed by atoms with Gasteiger partial charge in [-0.05, 0) is 35.7 Å². The number of Topliss-reactive ketones (excluding diaryl/α,β-unsaturated/α-hetero) is 1. The smallest absolute Gasteiger partial charge is 0.177 e. The summed E-state index contributed by atoms with van der Waals surface area (Å²) >= 11 is 0. The van der Waals surface area contributed by atoms with Crippen molar-refractivity contribution in [2.24, 2.45) is 0 Å². The van der Waals surface area contributed by atoms with E-state index in [1.807, 2.05) is 30.3 Å². The monoisotopic (exact) mass is 354 g/mol. The molecule has 0 amide bonds.